The molecule has 0 aromatic carbocycles. The van der Waals surface area contributed by atoms with Crippen molar-refractivity contribution >= 4 is 34.7 Å². The number of carbonyl (C=O) groups excluding carboxylic acids is 2. The first-order valence-electron chi connectivity index (χ1n) is 6.01. The van der Waals surface area contributed by atoms with Crippen LogP contribution < -0.4 is 10.9 Å². The zero-order chi connectivity index (χ0) is 14.7. The molecule has 106 valence electrons. The van der Waals surface area contributed by atoms with Gasteiger partial charge in [0.15, 0.2) is 0 Å². The van der Waals surface area contributed by atoms with Crippen molar-refractivity contribution in [1.29, 1.82) is 0 Å². The monoisotopic (exact) mass is 310 g/mol. The van der Waals surface area contributed by atoms with Crippen LogP contribution in [0.3, 0.4) is 0 Å². The molecule has 0 radical (unpaired) electrons. The summed E-state index contributed by atoms with van der Waals surface area (Å²) in [5.41, 5.74) is 6.41. The highest BCUT2D eigenvalue weighted by atomic mass is 32.1. The van der Waals surface area contributed by atoms with E-state index < -0.39 is 5.91 Å². The summed E-state index contributed by atoms with van der Waals surface area (Å²) in [6.07, 6.45) is 0.891. The number of aromatic nitrogens is 2. The van der Waals surface area contributed by atoms with Crippen molar-refractivity contribution in [2.24, 2.45) is 0 Å². The second kappa shape index (κ2) is 6.10. The van der Waals surface area contributed by atoms with Crippen LogP contribution in [0.25, 0.3) is 0 Å². The Morgan fingerprint density at radius 2 is 1.95 bits per heavy atom. The van der Waals surface area contributed by atoms with Gasteiger partial charge in [0, 0.05) is 4.88 Å². The molecular weight excluding hydrogens is 296 g/mol. The van der Waals surface area contributed by atoms with Crippen molar-refractivity contribution in [3.05, 3.63) is 32.0 Å². The van der Waals surface area contributed by atoms with E-state index in [0.717, 1.165) is 23.5 Å². The average molecular weight is 310 g/mol. The largest absolute Gasteiger partial charge is 0.283 e. The number of aryl methyl sites for hydroxylation is 3. The topological polar surface area (TPSA) is 84.0 Å². The summed E-state index contributed by atoms with van der Waals surface area (Å²) in [5, 5.41) is 3.75. The third-order valence-corrected chi connectivity index (χ3v) is 4.92. The van der Waals surface area contributed by atoms with Crippen LogP contribution in [0, 0.1) is 13.8 Å². The molecule has 0 saturated carbocycles. The molecule has 0 fully saturated rings. The molecule has 2 N–H and O–H groups in total. The van der Waals surface area contributed by atoms with E-state index in [1.54, 1.807) is 6.92 Å². The smallest absolute Gasteiger partial charge is 0.266 e. The number of nitrogens with one attached hydrogen (secondary N) is 2. The number of amides is 2. The molecule has 0 spiro atoms. The predicted molar refractivity (Wildman–Crippen MR) is 78.0 cm³/mol. The van der Waals surface area contributed by atoms with E-state index in [1.807, 2.05) is 19.9 Å². The Morgan fingerprint density at radius 1 is 1.25 bits per heavy atom. The standard InChI is InChI=1S/C12H14N4O2S2/c1-4-8-6(2)5-9(19-8)11(17)14-15-12(18)10-7(3)13-16-20-10/h5H,4H2,1-3H3,(H,14,17)(H,15,18). The molecule has 2 rings (SSSR count). The predicted octanol–water partition coefficient (Wildman–Crippen LogP) is 1.85. The average Bonchev–Trinajstić information content (AvgIpc) is 3.01. The first kappa shape index (κ1) is 14.6. The molecule has 0 bridgehead atoms. The Labute approximate surface area is 124 Å². The third-order valence-electron chi connectivity index (χ3n) is 2.71. The summed E-state index contributed by atoms with van der Waals surface area (Å²) in [5.74, 6) is -0.726. The molecule has 2 aromatic rings. The van der Waals surface area contributed by atoms with Gasteiger partial charge in [-0.3, -0.25) is 20.4 Å². The van der Waals surface area contributed by atoms with Gasteiger partial charge in [-0.2, -0.15) is 0 Å². The fourth-order valence-corrected chi connectivity index (χ4v) is 3.22. The lowest BCUT2D eigenvalue weighted by Crippen LogP contribution is -2.41. The van der Waals surface area contributed by atoms with Crippen LogP contribution in [-0.4, -0.2) is 21.4 Å². The van der Waals surface area contributed by atoms with E-state index in [0.29, 0.717) is 15.4 Å². The van der Waals surface area contributed by atoms with E-state index in [-0.39, 0.29) is 5.91 Å². The minimum Gasteiger partial charge on any atom is -0.266 e. The maximum Gasteiger partial charge on any atom is 0.283 e. The summed E-state index contributed by atoms with van der Waals surface area (Å²) in [6, 6.07) is 1.82. The van der Waals surface area contributed by atoms with E-state index in [4.69, 9.17) is 0 Å². The van der Waals surface area contributed by atoms with E-state index in [2.05, 4.69) is 20.4 Å². The maximum atomic E-state index is 11.9. The van der Waals surface area contributed by atoms with Crippen LogP contribution in [0.5, 0.6) is 0 Å². The minimum atomic E-state index is -0.408. The Bertz CT molecular complexity index is 648. The van der Waals surface area contributed by atoms with Gasteiger partial charge in [0.25, 0.3) is 11.8 Å². The van der Waals surface area contributed by atoms with Crippen molar-refractivity contribution in [2.45, 2.75) is 27.2 Å². The normalized spacial score (nSPS) is 10.3. The number of carbonyl (C=O) groups is 2. The number of hydrogen-bond donors (Lipinski definition) is 2. The van der Waals surface area contributed by atoms with Gasteiger partial charge >= 0.3 is 0 Å². The summed E-state index contributed by atoms with van der Waals surface area (Å²) in [6.45, 7) is 5.70. The Hall–Kier alpha value is -1.80. The van der Waals surface area contributed by atoms with Gasteiger partial charge in [0.1, 0.15) is 4.88 Å². The molecule has 0 unspecified atom stereocenters. The first-order valence-corrected chi connectivity index (χ1v) is 7.60. The highest BCUT2D eigenvalue weighted by Crippen LogP contribution is 2.22. The molecular formula is C12H14N4O2S2. The fraction of sp³-hybridized carbons (Fsp3) is 0.333. The fourth-order valence-electron chi connectivity index (χ4n) is 1.65. The summed E-state index contributed by atoms with van der Waals surface area (Å²) in [7, 11) is 0. The molecule has 8 heteroatoms. The van der Waals surface area contributed by atoms with Gasteiger partial charge in [-0.05, 0) is 43.4 Å². The van der Waals surface area contributed by atoms with Crippen molar-refractivity contribution in [1.82, 2.24) is 20.4 Å². The third kappa shape index (κ3) is 3.02. The molecule has 20 heavy (non-hydrogen) atoms. The highest BCUT2D eigenvalue weighted by molar-refractivity contribution is 7.14. The van der Waals surface area contributed by atoms with Gasteiger partial charge in [-0.25, -0.2) is 0 Å². The Kier molecular flexibility index (Phi) is 4.46. The summed E-state index contributed by atoms with van der Waals surface area (Å²) < 4.78 is 3.67. The molecule has 2 heterocycles. The molecule has 0 atom stereocenters. The molecule has 0 saturated heterocycles. The second-order valence-corrected chi connectivity index (χ2v) is 6.06. The van der Waals surface area contributed by atoms with Crippen LogP contribution in [0.4, 0.5) is 0 Å². The number of rotatable bonds is 3. The number of nitrogens with zero attached hydrogens (tertiary/aromatic N) is 2. The van der Waals surface area contributed by atoms with Crippen molar-refractivity contribution in [3.8, 4) is 0 Å². The lowest BCUT2D eigenvalue weighted by atomic mass is 10.2. The van der Waals surface area contributed by atoms with Crippen LogP contribution in [0.2, 0.25) is 0 Å². The van der Waals surface area contributed by atoms with Crippen molar-refractivity contribution in [2.75, 3.05) is 0 Å². The minimum absolute atomic E-state index is 0.318. The SMILES string of the molecule is CCc1sc(C(=O)NNC(=O)c2snnc2C)cc1C. The van der Waals surface area contributed by atoms with Gasteiger partial charge in [-0.1, -0.05) is 11.4 Å². The molecule has 2 aromatic heterocycles. The van der Waals surface area contributed by atoms with Gasteiger partial charge in [-0.15, -0.1) is 16.4 Å². The Morgan fingerprint density at radius 3 is 2.50 bits per heavy atom. The molecule has 0 aliphatic carbocycles. The van der Waals surface area contributed by atoms with Gasteiger partial charge < -0.3 is 0 Å². The molecule has 2 amide bonds. The zero-order valence-electron chi connectivity index (χ0n) is 11.3. The van der Waals surface area contributed by atoms with Crippen LogP contribution in [-0.2, 0) is 6.42 Å². The lowest BCUT2D eigenvalue weighted by molar-refractivity contribution is 0.0850. The number of hydrogen-bond acceptors (Lipinski definition) is 6. The van der Waals surface area contributed by atoms with E-state index in [1.165, 1.54) is 16.2 Å². The summed E-state index contributed by atoms with van der Waals surface area (Å²) >= 11 is 2.43. The second-order valence-electron chi connectivity index (χ2n) is 4.17. The molecule has 0 aliphatic heterocycles. The number of hydrazine groups is 1. The van der Waals surface area contributed by atoms with E-state index >= 15 is 0 Å². The van der Waals surface area contributed by atoms with Crippen LogP contribution >= 0.6 is 22.9 Å². The maximum absolute atomic E-state index is 11.9. The lowest BCUT2D eigenvalue weighted by Gasteiger charge is -2.04. The number of thiophene rings is 1. The first-order chi connectivity index (χ1) is 9.52. The summed E-state index contributed by atoms with van der Waals surface area (Å²) in [4.78, 5) is 25.9. The highest BCUT2D eigenvalue weighted by Gasteiger charge is 2.16. The molecule has 0 aliphatic rings. The van der Waals surface area contributed by atoms with Crippen LogP contribution in [0.15, 0.2) is 6.07 Å². The molecule has 6 nitrogen and oxygen atoms in total. The Balaban J connectivity index is 1.98. The zero-order valence-corrected chi connectivity index (χ0v) is 12.9. The van der Waals surface area contributed by atoms with Gasteiger partial charge in [0.2, 0.25) is 0 Å². The van der Waals surface area contributed by atoms with Crippen molar-refractivity contribution in [3.63, 3.8) is 0 Å². The van der Waals surface area contributed by atoms with E-state index in [9.17, 15) is 9.59 Å². The van der Waals surface area contributed by atoms with Crippen molar-refractivity contribution < 1.29 is 9.59 Å². The van der Waals surface area contributed by atoms with Crippen LogP contribution in [0.1, 0.15) is 42.4 Å². The van der Waals surface area contributed by atoms with Gasteiger partial charge in [0.05, 0.1) is 10.6 Å². The quantitative estimate of drug-likeness (QED) is 0.848.